The van der Waals surface area contributed by atoms with Gasteiger partial charge in [0.15, 0.2) is 0 Å². The minimum absolute atomic E-state index is 0.568. The van der Waals surface area contributed by atoms with Crippen LogP contribution in [0.25, 0.3) is 11.6 Å². The van der Waals surface area contributed by atoms with Crippen LogP contribution in [0, 0.1) is 13.8 Å². The molecule has 0 unspecified atom stereocenters. The quantitative estimate of drug-likeness (QED) is 0.575. The molecule has 0 atom stereocenters. The summed E-state index contributed by atoms with van der Waals surface area (Å²) in [6.07, 6.45) is 3.32. The molecule has 0 radical (unpaired) electrons. The summed E-state index contributed by atoms with van der Waals surface area (Å²) >= 11 is 1.87. The highest BCUT2D eigenvalue weighted by molar-refractivity contribution is 7.98. The molecule has 0 saturated heterocycles. The summed E-state index contributed by atoms with van der Waals surface area (Å²) in [6, 6.07) is 20.7. The summed E-state index contributed by atoms with van der Waals surface area (Å²) < 4.78 is 25.8. The standard InChI is InChI=1S/C24H23NO2S2/c1-16-7-9-21-19(11-16)15-28-24-12-17(2)8-10-22(24)23(21)14-18-5-4-6-20(13-18)25-29(3,26)27/h4-14,25H,15H2,1-3H3. The lowest BCUT2D eigenvalue weighted by Gasteiger charge is -2.13. The van der Waals surface area contributed by atoms with Crippen LogP contribution in [0.4, 0.5) is 5.69 Å². The van der Waals surface area contributed by atoms with Gasteiger partial charge >= 0.3 is 0 Å². The zero-order chi connectivity index (χ0) is 20.6. The highest BCUT2D eigenvalue weighted by atomic mass is 32.2. The molecule has 29 heavy (non-hydrogen) atoms. The number of rotatable bonds is 3. The van der Waals surface area contributed by atoms with Gasteiger partial charge in [-0.1, -0.05) is 48.0 Å². The number of sulfonamides is 1. The van der Waals surface area contributed by atoms with Crippen LogP contribution in [0.15, 0.2) is 65.6 Å². The lowest BCUT2D eigenvalue weighted by Crippen LogP contribution is -2.09. The maximum Gasteiger partial charge on any atom is 0.229 e. The van der Waals surface area contributed by atoms with Crippen LogP contribution in [-0.2, 0) is 15.8 Å². The predicted molar refractivity (Wildman–Crippen MR) is 124 cm³/mol. The second-order valence-electron chi connectivity index (χ2n) is 7.51. The van der Waals surface area contributed by atoms with E-state index >= 15 is 0 Å². The first-order valence-electron chi connectivity index (χ1n) is 9.42. The third kappa shape index (κ3) is 4.57. The molecule has 1 heterocycles. The normalized spacial score (nSPS) is 14.8. The first kappa shape index (κ1) is 19.8. The molecule has 5 heteroatoms. The number of aryl methyl sites for hydroxylation is 2. The van der Waals surface area contributed by atoms with E-state index < -0.39 is 10.0 Å². The van der Waals surface area contributed by atoms with Crippen molar-refractivity contribution in [3.8, 4) is 0 Å². The molecule has 0 fully saturated rings. The Bertz CT molecular complexity index is 1170. The Morgan fingerprint density at radius 3 is 2.41 bits per heavy atom. The van der Waals surface area contributed by atoms with E-state index in [0.717, 1.165) is 23.1 Å². The van der Waals surface area contributed by atoms with Crippen LogP contribution in [0.3, 0.4) is 0 Å². The Labute approximate surface area is 176 Å². The van der Waals surface area contributed by atoms with Gasteiger partial charge in [-0.15, -0.1) is 11.8 Å². The smallest absolute Gasteiger partial charge is 0.229 e. The van der Waals surface area contributed by atoms with E-state index in [1.807, 2.05) is 30.0 Å². The fourth-order valence-corrected chi connectivity index (χ4v) is 5.31. The molecule has 3 aromatic carbocycles. The van der Waals surface area contributed by atoms with Crippen LogP contribution in [0.2, 0.25) is 0 Å². The Hall–Kier alpha value is -2.50. The van der Waals surface area contributed by atoms with Gasteiger partial charge in [0.2, 0.25) is 10.0 Å². The SMILES string of the molecule is Cc1ccc2c(c1)CSc1cc(C)ccc1C2=Cc1cccc(NS(C)(=O)=O)c1. The number of benzene rings is 3. The van der Waals surface area contributed by atoms with Crippen LogP contribution < -0.4 is 4.72 Å². The monoisotopic (exact) mass is 421 g/mol. The van der Waals surface area contributed by atoms with Crippen LogP contribution in [0.1, 0.15) is 33.4 Å². The van der Waals surface area contributed by atoms with E-state index in [9.17, 15) is 8.42 Å². The number of hydrogen-bond acceptors (Lipinski definition) is 3. The third-order valence-electron chi connectivity index (χ3n) is 4.86. The summed E-state index contributed by atoms with van der Waals surface area (Å²) in [7, 11) is -3.31. The summed E-state index contributed by atoms with van der Waals surface area (Å²) in [6.45, 7) is 4.24. The molecule has 3 aromatic rings. The predicted octanol–water partition coefficient (Wildman–Crippen LogP) is 5.87. The second kappa shape index (κ2) is 7.73. The Morgan fingerprint density at radius 1 is 0.931 bits per heavy atom. The Kier molecular flexibility index (Phi) is 5.28. The fourth-order valence-electron chi connectivity index (χ4n) is 3.60. The molecule has 0 bridgehead atoms. The van der Waals surface area contributed by atoms with E-state index in [1.165, 1.54) is 32.7 Å². The number of anilines is 1. The lowest BCUT2D eigenvalue weighted by molar-refractivity contribution is 0.607. The third-order valence-corrected chi connectivity index (χ3v) is 6.57. The molecule has 0 spiro atoms. The first-order chi connectivity index (χ1) is 13.8. The van der Waals surface area contributed by atoms with Crippen molar-refractivity contribution >= 4 is 39.1 Å². The summed E-state index contributed by atoms with van der Waals surface area (Å²) in [5.74, 6) is 0.931. The van der Waals surface area contributed by atoms with Crippen LogP contribution in [0.5, 0.6) is 0 Å². The zero-order valence-corrected chi connectivity index (χ0v) is 18.3. The summed E-state index contributed by atoms with van der Waals surface area (Å²) in [4.78, 5) is 1.27. The molecular weight excluding hydrogens is 398 g/mol. The maximum absolute atomic E-state index is 11.6. The molecule has 148 valence electrons. The molecule has 0 amide bonds. The van der Waals surface area contributed by atoms with Crippen molar-refractivity contribution in [2.75, 3.05) is 11.0 Å². The molecule has 1 aliphatic rings. The van der Waals surface area contributed by atoms with Gasteiger partial charge in [-0.3, -0.25) is 4.72 Å². The van der Waals surface area contributed by atoms with Gasteiger partial charge in [0.1, 0.15) is 0 Å². The molecule has 1 N–H and O–H groups in total. The minimum Gasteiger partial charge on any atom is -0.284 e. The topological polar surface area (TPSA) is 46.2 Å². The van der Waals surface area contributed by atoms with Crippen molar-refractivity contribution in [2.45, 2.75) is 24.5 Å². The highest BCUT2D eigenvalue weighted by Crippen LogP contribution is 2.41. The largest absolute Gasteiger partial charge is 0.284 e. The molecule has 3 nitrogen and oxygen atoms in total. The second-order valence-corrected chi connectivity index (χ2v) is 10.3. The van der Waals surface area contributed by atoms with Gasteiger partial charge in [0.25, 0.3) is 0 Å². The lowest BCUT2D eigenvalue weighted by atomic mass is 9.91. The van der Waals surface area contributed by atoms with Crippen molar-refractivity contribution in [2.24, 2.45) is 0 Å². The molecular formula is C24H23NO2S2. The van der Waals surface area contributed by atoms with Gasteiger partial charge < -0.3 is 0 Å². The van der Waals surface area contributed by atoms with E-state index in [4.69, 9.17) is 0 Å². The van der Waals surface area contributed by atoms with E-state index in [0.29, 0.717) is 5.69 Å². The van der Waals surface area contributed by atoms with Crippen molar-refractivity contribution in [1.29, 1.82) is 0 Å². The van der Waals surface area contributed by atoms with E-state index in [-0.39, 0.29) is 0 Å². The van der Waals surface area contributed by atoms with Gasteiger partial charge in [-0.05, 0) is 71.5 Å². The Morgan fingerprint density at radius 2 is 1.66 bits per heavy atom. The van der Waals surface area contributed by atoms with Gasteiger partial charge in [0.05, 0.1) is 6.26 Å². The van der Waals surface area contributed by atoms with Crippen LogP contribution in [-0.4, -0.2) is 14.7 Å². The number of fused-ring (bicyclic) bond motifs is 2. The number of nitrogens with one attached hydrogen (secondary N) is 1. The van der Waals surface area contributed by atoms with Gasteiger partial charge in [-0.25, -0.2) is 8.42 Å². The fraction of sp³-hybridized carbons (Fsp3) is 0.167. The average Bonchev–Trinajstić information content (AvgIpc) is 2.77. The summed E-state index contributed by atoms with van der Waals surface area (Å²) in [5.41, 5.74) is 8.95. The minimum atomic E-state index is -3.31. The van der Waals surface area contributed by atoms with E-state index in [1.54, 1.807) is 6.07 Å². The molecule has 0 aromatic heterocycles. The van der Waals surface area contributed by atoms with E-state index in [2.05, 4.69) is 61.0 Å². The van der Waals surface area contributed by atoms with Crippen molar-refractivity contribution in [3.05, 3.63) is 94.0 Å². The zero-order valence-electron chi connectivity index (χ0n) is 16.7. The number of thioether (sulfide) groups is 1. The van der Waals surface area contributed by atoms with Crippen LogP contribution >= 0.6 is 11.8 Å². The van der Waals surface area contributed by atoms with Gasteiger partial charge in [0, 0.05) is 16.3 Å². The molecule has 0 saturated carbocycles. The average molecular weight is 422 g/mol. The maximum atomic E-state index is 11.6. The number of hydrogen-bond donors (Lipinski definition) is 1. The van der Waals surface area contributed by atoms with Crippen molar-refractivity contribution < 1.29 is 8.42 Å². The first-order valence-corrected chi connectivity index (χ1v) is 12.3. The van der Waals surface area contributed by atoms with Crippen molar-refractivity contribution in [3.63, 3.8) is 0 Å². The molecule has 4 rings (SSSR count). The van der Waals surface area contributed by atoms with Gasteiger partial charge in [-0.2, -0.15) is 0 Å². The molecule has 0 aliphatic carbocycles. The van der Waals surface area contributed by atoms with Crippen molar-refractivity contribution in [1.82, 2.24) is 0 Å². The summed E-state index contributed by atoms with van der Waals surface area (Å²) in [5, 5.41) is 0. The Balaban J connectivity index is 1.89. The highest BCUT2D eigenvalue weighted by Gasteiger charge is 2.19. The molecule has 1 aliphatic heterocycles.